The van der Waals surface area contributed by atoms with Crippen LogP contribution in [0.3, 0.4) is 0 Å². The molecule has 20 heavy (non-hydrogen) atoms. The zero-order chi connectivity index (χ0) is 14.5. The van der Waals surface area contributed by atoms with Gasteiger partial charge in [0, 0.05) is 15.8 Å². The molecule has 1 aromatic heterocycles. The van der Waals surface area contributed by atoms with Crippen LogP contribution in [0.2, 0.25) is 0 Å². The number of anilines is 1. The highest BCUT2D eigenvalue weighted by atomic mass is 79.9. The maximum atomic E-state index is 12.0. The molecule has 0 radical (unpaired) electrons. The van der Waals surface area contributed by atoms with Crippen LogP contribution in [-0.4, -0.2) is 5.91 Å². The highest BCUT2D eigenvalue weighted by molar-refractivity contribution is 9.10. The molecule has 1 aromatic carbocycles. The lowest BCUT2D eigenvalue weighted by molar-refractivity contribution is -0.116. The van der Waals surface area contributed by atoms with Crippen LogP contribution in [0.25, 0.3) is 0 Å². The second kappa shape index (κ2) is 7.04. The number of hydrogen-bond donors (Lipinski definition) is 1. The summed E-state index contributed by atoms with van der Waals surface area (Å²) in [7, 11) is 0. The Morgan fingerprint density at radius 2 is 2.15 bits per heavy atom. The lowest BCUT2D eigenvalue weighted by atomic mass is 10.1. The Kier molecular flexibility index (Phi) is 5.38. The van der Waals surface area contributed by atoms with E-state index >= 15 is 0 Å². The molecule has 0 saturated carbocycles. The number of carbonyl (C=O) groups is 1. The van der Waals surface area contributed by atoms with Gasteiger partial charge in [0.15, 0.2) is 0 Å². The molecule has 0 atom stereocenters. The van der Waals surface area contributed by atoms with E-state index in [4.69, 9.17) is 0 Å². The van der Waals surface area contributed by atoms with Gasteiger partial charge in [0.1, 0.15) is 0 Å². The molecule has 0 saturated heterocycles. The normalized spacial score (nSPS) is 10.6. The van der Waals surface area contributed by atoms with E-state index in [2.05, 4.69) is 38.8 Å². The van der Waals surface area contributed by atoms with Gasteiger partial charge < -0.3 is 5.32 Å². The van der Waals surface area contributed by atoms with Gasteiger partial charge in [-0.2, -0.15) is 0 Å². The Bertz CT molecular complexity index is 570. The molecule has 0 spiro atoms. The van der Waals surface area contributed by atoms with E-state index in [-0.39, 0.29) is 5.91 Å². The number of nitrogens with one attached hydrogen (secondary N) is 1. The number of carbonyl (C=O) groups excluding carboxylic acids is 1. The predicted octanol–water partition coefficient (Wildman–Crippen LogP) is 5.09. The Hall–Kier alpha value is -1.13. The topological polar surface area (TPSA) is 29.1 Å². The summed E-state index contributed by atoms with van der Waals surface area (Å²) in [6, 6.07) is 8.26. The summed E-state index contributed by atoms with van der Waals surface area (Å²) in [5.41, 5.74) is 3.16. The third kappa shape index (κ3) is 4.18. The van der Waals surface area contributed by atoms with E-state index < -0.39 is 0 Å². The zero-order valence-electron chi connectivity index (χ0n) is 11.7. The predicted molar refractivity (Wildman–Crippen MR) is 89.5 cm³/mol. The van der Waals surface area contributed by atoms with Crippen molar-refractivity contribution in [1.82, 2.24) is 0 Å². The van der Waals surface area contributed by atoms with Crippen LogP contribution in [-0.2, 0) is 11.2 Å². The first-order valence-electron chi connectivity index (χ1n) is 6.65. The minimum atomic E-state index is 0.0780. The monoisotopic (exact) mass is 351 g/mol. The summed E-state index contributed by atoms with van der Waals surface area (Å²) in [5.74, 6) is 0.0780. The minimum Gasteiger partial charge on any atom is -0.325 e. The van der Waals surface area contributed by atoms with Crippen LogP contribution >= 0.6 is 27.3 Å². The Balaban J connectivity index is 1.88. The van der Waals surface area contributed by atoms with Crippen molar-refractivity contribution >= 4 is 38.9 Å². The average molecular weight is 352 g/mol. The summed E-state index contributed by atoms with van der Waals surface area (Å²) in [4.78, 5) is 13.3. The molecule has 0 aliphatic heterocycles. The third-order valence-corrected chi connectivity index (χ3v) is 4.66. The Morgan fingerprint density at radius 1 is 1.35 bits per heavy atom. The van der Waals surface area contributed by atoms with Gasteiger partial charge in [0.25, 0.3) is 0 Å². The second-order valence-electron chi connectivity index (χ2n) is 4.92. The first-order chi connectivity index (χ1) is 9.56. The molecule has 1 amide bonds. The van der Waals surface area contributed by atoms with Gasteiger partial charge in [-0.1, -0.05) is 12.1 Å². The Morgan fingerprint density at radius 3 is 2.80 bits per heavy atom. The van der Waals surface area contributed by atoms with Crippen molar-refractivity contribution in [1.29, 1.82) is 0 Å². The fourth-order valence-corrected chi connectivity index (χ4v) is 3.68. The average Bonchev–Trinajstić information content (AvgIpc) is 2.87. The number of benzene rings is 1. The number of rotatable bonds is 5. The number of amides is 1. The molecule has 0 bridgehead atoms. The van der Waals surface area contributed by atoms with E-state index in [1.54, 1.807) is 11.3 Å². The van der Waals surface area contributed by atoms with Gasteiger partial charge in [-0.25, -0.2) is 0 Å². The van der Waals surface area contributed by atoms with Crippen molar-refractivity contribution in [3.05, 3.63) is 50.1 Å². The lowest BCUT2D eigenvalue weighted by Gasteiger charge is -2.11. The molecular formula is C16H18BrNOS. The molecule has 0 unspecified atom stereocenters. The van der Waals surface area contributed by atoms with Crippen molar-refractivity contribution in [2.24, 2.45) is 0 Å². The van der Waals surface area contributed by atoms with E-state index in [1.165, 1.54) is 10.4 Å². The van der Waals surface area contributed by atoms with Gasteiger partial charge in [0.05, 0.1) is 5.69 Å². The summed E-state index contributed by atoms with van der Waals surface area (Å²) >= 11 is 5.26. The molecule has 106 valence electrons. The molecule has 0 aliphatic carbocycles. The molecule has 2 aromatic rings. The zero-order valence-corrected chi connectivity index (χ0v) is 14.1. The molecule has 4 heteroatoms. The van der Waals surface area contributed by atoms with Crippen LogP contribution in [0.1, 0.15) is 28.8 Å². The quantitative estimate of drug-likeness (QED) is 0.798. The first-order valence-corrected chi connectivity index (χ1v) is 8.32. The maximum absolute atomic E-state index is 12.0. The number of hydrogen-bond acceptors (Lipinski definition) is 2. The largest absolute Gasteiger partial charge is 0.325 e. The summed E-state index contributed by atoms with van der Waals surface area (Å²) in [5, 5.41) is 5.07. The number of thiophene rings is 1. The van der Waals surface area contributed by atoms with Crippen molar-refractivity contribution in [3.63, 3.8) is 0 Å². The summed E-state index contributed by atoms with van der Waals surface area (Å²) < 4.78 is 0.946. The third-order valence-electron chi connectivity index (χ3n) is 3.10. The van der Waals surface area contributed by atoms with E-state index in [0.717, 1.165) is 28.6 Å². The van der Waals surface area contributed by atoms with Crippen molar-refractivity contribution in [3.8, 4) is 0 Å². The van der Waals surface area contributed by atoms with Crippen LogP contribution in [0.15, 0.2) is 34.1 Å². The van der Waals surface area contributed by atoms with Crippen LogP contribution in [0.5, 0.6) is 0 Å². The highest BCUT2D eigenvalue weighted by Gasteiger charge is 2.09. The fraction of sp³-hybridized carbons (Fsp3) is 0.312. The molecule has 1 heterocycles. The standard InChI is InChI=1S/C16H18BrNOS/c1-11-9-12(2)16(14(17)10-11)18-15(19)7-3-5-13-6-4-8-20-13/h4,6,8-10H,3,5,7H2,1-2H3,(H,18,19). The summed E-state index contributed by atoms with van der Waals surface area (Å²) in [6.07, 6.45) is 2.41. The van der Waals surface area contributed by atoms with Crippen LogP contribution < -0.4 is 5.32 Å². The highest BCUT2D eigenvalue weighted by Crippen LogP contribution is 2.28. The van der Waals surface area contributed by atoms with E-state index in [9.17, 15) is 4.79 Å². The molecule has 2 rings (SSSR count). The van der Waals surface area contributed by atoms with Gasteiger partial charge >= 0.3 is 0 Å². The van der Waals surface area contributed by atoms with Gasteiger partial charge in [0.2, 0.25) is 5.91 Å². The minimum absolute atomic E-state index is 0.0780. The van der Waals surface area contributed by atoms with Crippen molar-refractivity contribution < 1.29 is 4.79 Å². The molecular weight excluding hydrogens is 334 g/mol. The number of halogens is 1. The Labute approximate surface area is 132 Å². The molecule has 2 nitrogen and oxygen atoms in total. The van der Waals surface area contributed by atoms with Gasteiger partial charge in [-0.05, 0) is 71.3 Å². The summed E-state index contributed by atoms with van der Waals surface area (Å²) in [6.45, 7) is 4.06. The van der Waals surface area contributed by atoms with Gasteiger partial charge in [-0.15, -0.1) is 11.3 Å². The maximum Gasteiger partial charge on any atom is 0.224 e. The van der Waals surface area contributed by atoms with E-state index in [0.29, 0.717) is 6.42 Å². The molecule has 1 N–H and O–H groups in total. The fourth-order valence-electron chi connectivity index (χ4n) is 2.15. The van der Waals surface area contributed by atoms with E-state index in [1.807, 2.05) is 26.0 Å². The first kappa shape index (κ1) is 15.3. The smallest absolute Gasteiger partial charge is 0.224 e. The lowest BCUT2D eigenvalue weighted by Crippen LogP contribution is -2.13. The van der Waals surface area contributed by atoms with Crippen molar-refractivity contribution in [2.75, 3.05) is 5.32 Å². The molecule has 0 aliphatic rings. The second-order valence-corrected chi connectivity index (χ2v) is 6.81. The number of aryl methyl sites for hydroxylation is 3. The van der Waals surface area contributed by atoms with Crippen molar-refractivity contribution in [2.45, 2.75) is 33.1 Å². The van der Waals surface area contributed by atoms with Crippen LogP contribution in [0, 0.1) is 13.8 Å². The SMILES string of the molecule is Cc1cc(C)c(NC(=O)CCCc2cccs2)c(Br)c1. The van der Waals surface area contributed by atoms with Gasteiger partial charge in [-0.3, -0.25) is 4.79 Å². The van der Waals surface area contributed by atoms with Crippen LogP contribution in [0.4, 0.5) is 5.69 Å². The molecule has 0 fully saturated rings.